The molecular formula is C26H28ClN3O. The van der Waals surface area contributed by atoms with Gasteiger partial charge in [-0.25, -0.2) is 0 Å². The van der Waals surface area contributed by atoms with Gasteiger partial charge in [0.05, 0.1) is 6.67 Å². The average molecular weight is 434 g/mol. The summed E-state index contributed by atoms with van der Waals surface area (Å²) in [5.41, 5.74) is 4.90. The molecule has 1 aliphatic carbocycles. The number of amides is 1. The Balaban J connectivity index is 0.00000204. The van der Waals surface area contributed by atoms with Crippen molar-refractivity contribution in [1.29, 1.82) is 0 Å². The van der Waals surface area contributed by atoms with Crippen molar-refractivity contribution in [2.45, 2.75) is 37.8 Å². The second-order valence-corrected chi connectivity index (χ2v) is 9.08. The zero-order valence-electron chi connectivity index (χ0n) is 17.8. The van der Waals surface area contributed by atoms with Crippen LogP contribution in [0.4, 0.5) is 5.69 Å². The normalized spacial score (nSPS) is 22.0. The third-order valence-corrected chi connectivity index (χ3v) is 7.51. The number of rotatable bonds is 2. The Morgan fingerprint density at radius 2 is 1.74 bits per heavy atom. The fraction of sp³-hybridized carbons (Fsp3) is 0.346. The highest BCUT2D eigenvalue weighted by molar-refractivity contribution is 5.94. The molecule has 0 radical (unpaired) electrons. The van der Waals surface area contributed by atoms with Crippen molar-refractivity contribution >= 4 is 34.8 Å². The van der Waals surface area contributed by atoms with Crippen molar-refractivity contribution in [3.8, 4) is 0 Å². The molecule has 1 N–H and O–H groups in total. The molecule has 160 valence electrons. The van der Waals surface area contributed by atoms with Crippen LogP contribution in [0.15, 0.2) is 60.7 Å². The van der Waals surface area contributed by atoms with Crippen LogP contribution in [-0.2, 0) is 11.2 Å². The van der Waals surface area contributed by atoms with Crippen LogP contribution in [0.25, 0.3) is 10.8 Å². The van der Waals surface area contributed by atoms with Crippen LogP contribution in [0.1, 0.15) is 35.6 Å². The third-order valence-electron chi connectivity index (χ3n) is 7.51. The minimum Gasteiger partial charge on any atom is -0.339 e. The zero-order valence-corrected chi connectivity index (χ0v) is 18.6. The molecule has 1 atom stereocenters. The van der Waals surface area contributed by atoms with Crippen LogP contribution in [0.2, 0.25) is 0 Å². The van der Waals surface area contributed by atoms with Crippen LogP contribution < -0.4 is 10.2 Å². The van der Waals surface area contributed by atoms with E-state index in [-0.39, 0.29) is 18.3 Å². The minimum atomic E-state index is -0.415. The van der Waals surface area contributed by atoms with Crippen LogP contribution in [-0.4, -0.2) is 36.1 Å². The summed E-state index contributed by atoms with van der Waals surface area (Å²) in [5, 5.41) is 5.93. The van der Waals surface area contributed by atoms with Gasteiger partial charge in [0.25, 0.3) is 0 Å². The van der Waals surface area contributed by atoms with E-state index in [1.165, 1.54) is 27.5 Å². The van der Waals surface area contributed by atoms with Crippen LogP contribution in [0.5, 0.6) is 0 Å². The molecule has 2 heterocycles. The molecule has 3 aromatic rings. The zero-order chi connectivity index (χ0) is 20.3. The standard InChI is InChI=1S/C26H27N3O.ClH/c1-18-5-2-9-21(15-18)29-17-27-25(30)26(29)11-13-28(14-12-26)23-16-20-8-3-6-19-7-4-10-22(23)24(19)20;/h2-10,15,23H,11-14,16-17H2,1H3,(H,27,30);1H. The number of benzene rings is 3. The molecule has 2 fully saturated rings. The van der Waals surface area contributed by atoms with E-state index in [9.17, 15) is 4.79 Å². The first kappa shape index (κ1) is 20.3. The van der Waals surface area contributed by atoms with Crippen LogP contribution in [0.3, 0.4) is 0 Å². The molecule has 4 nitrogen and oxygen atoms in total. The van der Waals surface area contributed by atoms with E-state index >= 15 is 0 Å². The summed E-state index contributed by atoms with van der Waals surface area (Å²) in [6.45, 7) is 4.62. The fourth-order valence-electron chi connectivity index (χ4n) is 5.97. The molecule has 0 saturated carbocycles. The highest BCUT2D eigenvalue weighted by Gasteiger charge is 2.51. The Hall–Kier alpha value is -2.56. The number of hydrogen-bond acceptors (Lipinski definition) is 3. The first-order chi connectivity index (χ1) is 14.7. The molecule has 31 heavy (non-hydrogen) atoms. The summed E-state index contributed by atoms with van der Waals surface area (Å²) >= 11 is 0. The molecule has 0 bridgehead atoms. The smallest absolute Gasteiger partial charge is 0.247 e. The predicted octanol–water partition coefficient (Wildman–Crippen LogP) is 4.60. The molecule has 0 aromatic heterocycles. The summed E-state index contributed by atoms with van der Waals surface area (Å²) < 4.78 is 0. The van der Waals surface area contributed by atoms with Crippen LogP contribution >= 0.6 is 12.4 Å². The van der Waals surface area contributed by atoms with Gasteiger partial charge >= 0.3 is 0 Å². The van der Waals surface area contributed by atoms with Crippen molar-refractivity contribution < 1.29 is 4.79 Å². The van der Waals surface area contributed by atoms with E-state index in [1.54, 1.807) is 0 Å². The predicted molar refractivity (Wildman–Crippen MR) is 128 cm³/mol. The molecule has 2 saturated heterocycles. The van der Waals surface area contributed by atoms with E-state index in [0.717, 1.165) is 38.0 Å². The number of piperidine rings is 1. The molecule has 6 rings (SSSR count). The maximum absolute atomic E-state index is 13.0. The number of aryl methyl sites for hydroxylation is 1. The van der Waals surface area contributed by atoms with Crippen LogP contribution in [0, 0.1) is 6.92 Å². The first-order valence-corrected chi connectivity index (χ1v) is 11.0. The number of likely N-dealkylation sites (tertiary alicyclic amines) is 1. The summed E-state index contributed by atoms with van der Waals surface area (Å²) in [6, 6.07) is 22.4. The maximum atomic E-state index is 13.0. The largest absolute Gasteiger partial charge is 0.339 e. The SMILES string of the molecule is Cc1cccc(N2CNC(=O)C23CCN(C2Cc4cccc5cccc2c45)CC3)c1.Cl. The fourth-order valence-corrected chi connectivity index (χ4v) is 5.97. The second-order valence-electron chi connectivity index (χ2n) is 9.08. The van der Waals surface area contributed by atoms with Gasteiger partial charge in [0.1, 0.15) is 5.54 Å². The lowest BCUT2D eigenvalue weighted by Crippen LogP contribution is -2.56. The third kappa shape index (κ3) is 3.04. The van der Waals surface area contributed by atoms with Crippen molar-refractivity contribution in [2.75, 3.05) is 24.7 Å². The molecule has 1 spiro atoms. The summed E-state index contributed by atoms with van der Waals surface area (Å²) in [7, 11) is 0. The van der Waals surface area contributed by atoms with Gasteiger partial charge in [0.2, 0.25) is 5.91 Å². The number of nitrogens with zero attached hydrogens (tertiary/aromatic N) is 2. The highest BCUT2D eigenvalue weighted by atomic mass is 35.5. The van der Waals surface area contributed by atoms with Gasteiger partial charge in [-0.05, 0) is 65.8 Å². The van der Waals surface area contributed by atoms with E-state index in [2.05, 4.69) is 82.7 Å². The molecule has 1 amide bonds. The Bertz CT molecular complexity index is 1150. The topological polar surface area (TPSA) is 35.6 Å². The molecular weight excluding hydrogens is 406 g/mol. The Morgan fingerprint density at radius 3 is 2.52 bits per heavy atom. The number of anilines is 1. The van der Waals surface area contributed by atoms with Crippen molar-refractivity contribution in [3.05, 3.63) is 77.4 Å². The van der Waals surface area contributed by atoms with Gasteiger partial charge in [-0.3, -0.25) is 9.69 Å². The Morgan fingerprint density at radius 1 is 1.00 bits per heavy atom. The lowest BCUT2D eigenvalue weighted by Gasteiger charge is -2.45. The second kappa shape index (κ2) is 7.54. The summed E-state index contributed by atoms with van der Waals surface area (Å²) in [6.07, 6.45) is 2.82. The number of hydrogen-bond donors (Lipinski definition) is 1. The molecule has 2 aliphatic heterocycles. The number of carbonyl (C=O) groups is 1. The molecule has 3 aromatic carbocycles. The van der Waals surface area contributed by atoms with Crippen molar-refractivity contribution in [1.82, 2.24) is 10.2 Å². The first-order valence-electron chi connectivity index (χ1n) is 11.0. The lowest BCUT2D eigenvalue weighted by atomic mass is 9.84. The summed E-state index contributed by atoms with van der Waals surface area (Å²) in [4.78, 5) is 17.9. The van der Waals surface area contributed by atoms with Gasteiger partial charge < -0.3 is 10.2 Å². The monoisotopic (exact) mass is 433 g/mol. The Kier molecular flexibility index (Phi) is 4.95. The quantitative estimate of drug-likeness (QED) is 0.641. The average Bonchev–Trinajstić information content (AvgIpc) is 3.29. The summed E-state index contributed by atoms with van der Waals surface area (Å²) in [5.74, 6) is 0.195. The number of nitrogens with one attached hydrogen (secondary N) is 1. The Labute approximate surface area is 189 Å². The van der Waals surface area contributed by atoms with Gasteiger partial charge in [-0.15, -0.1) is 12.4 Å². The molecule has 5 heteroatoms. The van der Waals surface area contributed by atoms with E-state index in [0.29, 0.717) is 12.7 Å². The van der Waals surface area contributed by atoms with Crippen molar-refractivity contribution in [3.63, 3.8) is 0 Å². The number of carbonyl (C=O) groups excluding carboxylic acids is 1. The molecule has 3 aliphatic rings. The van der Waals surface area contributed by atoms with Crippen molar-refractivity contribution in [2.24, 2.45) is 0 Å². The number of halogens is 1. The van der Waals surface area contributed by atoms with Gasteiger partial charge in [-0.2, -0.15) is 0 Å². The van der Waals surface area contributed by atoms with E-state index < -0.39 is 5.54 Å². The minimum absolute atomic E-state index is 0. The maximum Gasteiger partial charge on any atom is 0.247 e. The van der Waals surface area contributed by atoms with E-state index in [1.807, 2.05) is 0 Å². The molecule has 1 unspecified atom stereocenters. The van der Waals surface area contributed by atoms with Gasteiger partial charge in [-0.1, -0.05) is 48.5 Å². The van der Waals surface area contributed by atoms with Gasteiger partial charge in [0, 0.05) is 24.8 Å². The highest BCUT2D eigenvalue weighted by Crippen LogP contribution is 2.43. The van der Waals surface area contributed by atoms with Gasteiger partial charge in [0.15, 0.2) is 0 Å². The van der Waals surface area contributed by atoms with E-state index in [4.69, 9.17) is 0 Å². The lowest BCUT2D eigenvalue weighted by molar-refractivity contribution is -0.125.